The number of ketones is 1. The van der Waals surface area contributed by atoms with Gasteiger partial charge in [-0.05, 0) is 24.5 Å². The second-order valence-corrected chi connectivity index (χ2v) is 8.20. The number of alkyl halides is 3. The van der Waals surface area contributed by atoms with Crippen molar-refractivity contribution < 1.29 is 27.9 Å². The highest BCUT2D eigenvalue weighted by molar-refractivity contribution is 7.13. The Morgan fingerprint density at radius 3 is 2.57 bits per heavy atom. The monoisotopic (exact) mass is 441 g/mol. The van der Waals surface area contributed by atoms with Crippen LogP contribution in [0.5, 0.6) is 0 Å². The largest absolute Gasteiger partial charge is 0.412 e. The molecule has 1 aromatic carbocycles. The maximum Gasteiger partial charge on any atom is 0.412 e. The van der Waals surface area contributed by atoms with Crippen LogP contribution in [0.15, 0.2) is 29.8 Å². The Morgan fingerprint density at radius 1 is 1.33 bits per heavy atom. The van der Waals surface area contributed by atoms with Gasteiger partial charge in [0.25, 0.3) is 0 Å². The van der Waals surface area contributed by atoms with E-state index in [0.717, 1.165) is 26.6 Å². The summed E-state index contributed by atoms with van der Waals surface area (Å²) in [5, 5.41) is 9.81. The summed E-state index contributed by atoms with van der Waals surface area (Å²) in [5.74, 6) is -1.78. The molecule has 3 rings (SSSR count). The number of likely N-dealkylation sites (tertiary alicyclic amines) is 1. The minimum Gasteiger partial charge on any atom is -0.391 e. The van der Waals surface area contributed by atoms with E-state index in [2.05, 4.69) is 4.98 Å². The Bertz CT molecular complexity index is 914. The second-order valence-electron chi connectivity index (χ2n) is 7.35. The molecule has 2 aromatic rings. The van der Waals surface area contributed by atoms with Gasteiger partial charge in [0.15, 0.2) is 11.8 Å². The van der Waals surface area contributed by atoms with Gasteiger partial charge in [-0.1, -0.05) is 24.3 Å². The van der Waals surface area contributed by atoms with Gasteiger partial charge >= 0.3 is 6.18 Å². The van der Waals surface area contributed by atoms with Gasteiger partial charge in [0, 0.05) is 19.4 Å². The van der Waals surface area contributed by atoms with E-state index < -0.39 is 36.1 Å². The first-order valence-electron chi connectivity index (χ1n) is 9.41. The number of β-amino-alcohol motifs (C(OH)–C–C–N with tert-alkyl or cyclic N) is 1. The van der Waals surface area contributed by atoms with Crippen LogP contribution in [0.3, 0.4) is 0 Å². The highest BCUT2D eigenvalue weighted by atomic mass is 32.1. The van der Waals surface area contributed by atoms with Crippen LogP contribution in [0.25, 0.3) is 10.4 Å². The molecule has 0 spiro atoms. The lowest BCUT2D eigenvalue weighted by molar-refractivity contribution is -0.171. The van der Waals surface area contributed by atoms with Crippen molar-refractivity contribution in [3.8, 4) is 10.4 Å². The number of Topliss-reactive ketones (excluding diaryl/α,β-unsaturated/α-hetero) is 1. The summed E-state index contributed by atoms with van der Waals surface area (Å²) < 4.78 is 38.4. The third kappa shape index (κ3) is 4.88. The predicted octanol–water partition coefficient (Wildman–Crippen LogP) is 2.47. The van der Waals surface area contributed by atoms with Gasteiger partial charge in [0.2, 0.25) is 5.91 Å². The van der Waals surface area contributed by atoms with Crippen molar-refractivity contribution in [2.24, 2.45) is 5.73 Å². The summed E-state index contributed by atoms with van der Waals surface area (Å²) >= 11 is 1.53. The summed E-state index contributed by atoms with van der Waals surface area (Å²) in [6.45, 7) is 1.59. The molecule has 2 heterocycles. The molecule has 0 saturated carbocycles. The van der Waals surface area contributed by atoms with E-state index in [-0.39, 0.29) is 19.4 Å². The van der Waals surface area contributed by atoms with Gasteiger partial charge < -0.3 is 15.7 Å². The number of aliphatic hydroxyl groups excluding tert-OH is 1. The maximum absolute atomic E-state index is 12.8. The minimum absolute atomic E-state index is 0.0430. The quantitative estimate of drug-likeness (QED) is 0.718. The molecule has 10 heteroatoms. The number of aromatic nitrogens is 1. The van der Waals surface area contributed by atoms with Gasteiger partial charge in [-0.2, -0.15) is 13.2 Å². The van der Waals surface area contributed by atoms with Crippen LogP contribution in [0.1, 0.15) is 24.1 Å². The summed E-state index contributed by atoms with van der Waals surface area (Å²) in [5.41, 5.74) is 9.61. The zero-order chi connectivity index (χ0) is 22.1. The summed E-state index contributed by atoms with van der Waals surface area (Å²) in [7, 11) is 0. The topological polar surface area (TPSA) is 96.5 Å². The molecule has 0 bridgehead atoms. The van der Waals surface area contributed by atoms with Crippen molar-refractivity contribution in [1.82, 2.24) is 9.88 Å². The zero-order valence-corrected chi connectivity index (χ0v) is 17.0. The number of hydrogen-bond acceptors (Lipinski definition) is 6. The number of hydrogen-bond donors (Lipinski definition) is 2. The van der Waals surface area contributed by atoms with E-state index >= 15 is 0 Å². The van der Waals surface area contributed by atoms with Crippen LogP contribution < -0.4 is 5.73 Å². The van der Waals surface area contributed by atoms with Gasteiger partial charge in [0.1, 0.15) is 0 Å². The van der Waals surface area contributed by atoms with Crippen LogP contribution >= 0.6 is 11.3 Å². The summed E-state index contributed by atoms with van der Waals surface area (Å²) in [6, 6.07) is 3.82. The average Bonchev–Trinajstić information content (AvgIpc) is 3.30. The minimum atomic E-state index is -4.91. The standard InChI is InChI=1S/C20H22F3N3O3S/c1-11-17(30-10-25-11)13-5-2-12(3-6-13)4-7-16(28)15-8-14(27)9-26(15)19(29)18(24)20(21,22)23/h2-3,5-6,10,14-15,18,27H,4,7-9,24H2,1H3/t14-,15+,18?/m1/s1. The van der Waals surface area contributed by atoms with Crippen LogP contribution in [0, 0.1) is 6.92 Å². The van der Waals surface area contributed by atoms with Gasteiger partial charge in [0.05, 0.1) is 28.2 Å². The van der Waals surface area contributed by atoms with Crippen LogP contribution in [0.4, 0.5) is 13.2 Å². The van der Waals surface area contributed by atoms with Gasteiger partial charge in [-0.25, -0.2) is 4.98 Å². The molecule has 1 aliphatic rings. The number of thiazole rings is 1. The Kier molecular flexibility index (Phi) is 6.59. The van der Waals surface area contributed by atoms with Crippen molar-refractivity contribution in [3.63, 3.8) is 0 Å². The van der Waals surface area contributed by atoms with Crippen molar-refractivity contribution in [2.45, 2.75) is 50.6 Å². The fourth-order valence-electron chi connectivity index (χ4n) is 3.52. The molecule has 1 aromatic heterocycles. The lowest BCUT2D eigenvalue weighted by Crippen LogP contribution is -2.54. The fourth-order valence-corrected chi connectivity index (χ4v) is 4.33. The first-order valence-corrected chi connectivity index (χ1v) is 10.3. The number of nitrogens with two attached hydrogens (primary N) is 1. The first-order chi connectivity index (χ1) is 14.1. The smallest absolute Gasteiger partial charge is 0.391 e. The van der Waals surface area contributed by atoms with E-state index in [4.69, 9.17) is 5.73 Å². The number of amides is 1. The van der Waals surface area contributed by atoms with Crippen LogP contribution in [-0.4, -0.2) is 57.6 Å². The molecule has 3 atom stereocenters. The molecule has 3 N–H and O–H groups in total. The van der Waals surface area contributed by atoms with Gasteiger partial charge in [-0.3, -0.25) is 9.59 Å². The maximum atomic E-state index is 12.8. The lowest BCUT2D eigenvalue weighted by Gasteiger charge is -2.27. The number of benzene rings is 1. The molecule has 1 amide bonds. The molecule has 0 radical (unpaired) electrons. The SMILES string of the molecule is Cc1ncsc1-c1ccc(CCC(=O)[C@@H]2C[C@@H](O)CN2C(=O)C(N)C(F)(F)F)cc1. The van der Waals surface area contributed by atoms with Crippen LogP contribution in [0.2, 0.25) is 0 Å². The van der Waals surface area contributed by atoms with Crippen molar-refractivity contribution >= 4 is 23.0 Å². The van der Waals surface area contributed by atoms with E-state index in [1.807, 2.05) is 31.2 Å². The Labute approximate surface area is 175 Å². The highest BCUT2D eigenvalue weighted by Gasteiger charge is 2.48. The van der Waals surface area contributed by atoms with Gasteiger partial charge in [-0.15, -0.1) is 11.3 Å². The fraction of sp³-hybridized carbons (Fsp3) is 0.450. The Morgan fingerprint density at radius 2 is 2.00 bits per heavy atom. The lowest BCUT2D eigenvalue weighted by atomic mass is 10.00. The molecule has 1 saturated heterocycles. The molecule has 1 aliphatic heterocycles. The molecule has 1 unspecified atom stereocenters. The average molecular weight is 441 g/mol. The molecule has 0 aliphatic carbocycles. The van der Waals surface area contributed by atoms with E-state index in [9.17, 15) is 27.9 Å². The van der Waals surface area contributed by atoms with E-state index in [0.29, 0.717) is 6.42 Å². The van der Waals surface area contributed by atoms with Crippen molar-refractivity contribution in [3.05, 3.63) is 41.0 Å². The van der Waals surface area contributed by atoms with Crippen molar-refractivity contribution in [2.75, 3.05) is 6.54 Å². The second kappa shape index (κ2) is 8.83. The number of aliphatic hydroxyl groups is 1. The third-order valence-electron chi connectivity index (χ3n) is 5.17. The molecule has 162 valence electrons. The number of rotatable bonds is 6. The molecule has 6 nitrogen and oxygen atoms in total. The number of halogens is 3. The third-order valence-corrected chi connectivity index (χ3v) is 6.15. The number of carbonyl (C=O) groups is 2. The normalized spacial score (nSPS) is 20.4. The predicted molar refractivity (Wildman–Crippen MR) is 106 cm³/mol. The number of nitrogens with zero attached hydrogens (tertiary/aromatic N) is 2. The number of carbonyl (C=O) groups excluding carboxylic acids is 2. The van der Waals surface area contributed by atoms with E-state index in [1.165, 1.54) is 11.3 Å². The summed E-state index contributed by atoms with van der Waals surface area (Å²) in [4.78, 5) is 30.8. The first kappa shape index (κ1) is 22.4. The molecule has 1 fully saturated rings. The molecular formula is C20H22F3N3O3S. The number of aryl methyl sites for hydroxylation is 2. The van der Waals surface area contributed by atoms with Crippen molar-refractivity contribution in [1.29, 1.82) is 0 Å². The van der Waals surface area contributed by atoms with Crippen LogP contribution in [-0.2, 0) is 16.0 Å². The molecule has 30 heavy (non-hydrogen) atoms. The Hall–Kier alpha value is -2.30. The highest BCUT2D eigenvalue weighted by Crippen LogP contribution is 2.28. The molecular weight excluding hydrogens is 419 g/mol. The zero-order valence-electron chi connectivity index (χ0n) is 16.2. The van der Waals surface area contributed by atoms with E-state index in [1.54, 1.807) is 5.51 Å². The Balaban J connectivity index is 1.63. The summed E-state index contributed by atoms with van der Waals surface area (Å²) in [6.07, 6.45) is -5.62.